The minimum Gasteiger partial charge on any atom is -0.497 e. The van der Waals surface area contributed by atoms with Crippen LogP contribution in [-0.2, 0) is 0 Å². The Hall–Kier alpha value is -1.40. The molecular formula is C24H39N3O2. The molecule has 29 heavy (non-hydrogen) atoms. The Labute approximate surface area is 176 Å². The van der Waals surface area contributed by atoms with Crippen LogP contribution >= 0.6 is 0 Å². The highest BCUT2D eigenvalue weighted by Gasteiger charge is 2.33. The quantitative estimate of drug-likeness (QED) is 0.725. The highest BCUT2D eigenvalue weighted by molar-refractivity contribution is 5.50. The summed E-state index contributed by atoms with van der Waals surface area (Å²) >= 11 is 0. The van der Waals surface area contributed by atoms with E-state index in [1.807, 2.05) is 12.1 Å². The molecule has 0 bridgehead atoms. The maximum absolute atomic E-state index is 9.63. The van der Waals surface area contributed by atoms with E-state index >= 15 is 0 Å². The summed E-state index contributed by atoms with van der Waals surface area (Å²) in [5, 5.41) is 9.63. The van der Waals surface area contributed by atoms with E-state index in [9.17, 15) is 5.11 Å². The van der Waals surface area contributed by atoms with Gasteiger partial charge < -0.3 is 14.7 Å². The Morgan fingerprint density at radius 3 is 2.45 bits per heavy atom. The number of hydrogen-bond acceptors (Lipinski definition) is 5. The Kier molecular flexibility index (Phi) is 8.54. The van der Waals surface area contributed by atoms with E-state index in [1.165, 1.54) is 31.5 Å². The number of ether oxygens (including phenoxy) is 1. The number of aliphatic hydroxyl groups is 1. The van der Waals surface area contributed by atoms with Gasteiger partial charge in [0, 0.05) is 50.9 Å². The third kappa shape index (κ3) is 6.29. The molecule has 0 aromatic heterocycles. The molecule has 0 amide bonds. The van der Waals surface area contributed by atoms with Crippen molar-refractivity contribution >= 4 is 6.08 Å². The third-order valence-corrected chi connectivity index (χ3v) is 6.56. The molecule has 2 saturated heterocycles. The van der Waals surface area contributed by atoms with Crippen molar-refractivity contribution in [2.24, 2.45) is 0 Å². The molecule has 5 heteroatoms. The molecule has 1 aromatic rings. The predicted molar refractivity (Wildman–Crippen MR) is 120 cm³/mol. The first-order valence-electron chi connectivity index (χ1n) is 11.2. The van der Waals surface area contributed by atoms with Crippen molar-refractivity contribution in [3.05, 3.63) is 35.9 Å². The number of piperidine rings is 1. The summed E-state index contributed by atoms with van der Waals surface area (Å²) in [4.78, 5) is 7.83. The van der Waals surface area contributed by atoms with Gasteiger partial charge in [0.05, 0.1) is 7.11 Å². The molecule has 3 rings (SSSR count). The van der Waals surface area contributed by atoms with Gasteiger partial charge >= 0.3 is 0 Å². The van der Waals surface area contributed by atoms with Crippen LogP contribution in [0.4, 0.5) is 0 Å². The van der Waals surface area contributed by atoms with E-state index < -0.39 is 0 Å². The Balaban J connectivity index is 1.51. The van der Waals surface area contributed by atoms with Gasteiger partial charge in [-0.2, -0.15) is 0 Å². The number of aliphatic hydroxyl groups excluding tert-OH is 1. The molecule has 0 saturated carbocycles. The lowest BCUT2D eigenvalue weighted by Gasteiger charge is -2.48. The average Bonchev–Trinajstić information content (AvgIpc) is 2.75. The monoisotopic (exact) mass is 401 g/mol. The maximum atomic E-state index is 9.63. The van der Waals surface area contributed by atoms with Crippen molar-refractivity contribution in [1.82, 2.24) is 14.7 Å². The van der Waals surface area contributed by atoms with Crippen LogP contribution < -0.4 is 4.74 Å². The average molecular weight is 402 g/mol. The lowest BCUT2D eigenvalue weighted by Crippen LogP contribution is -2.58. The SMILES string of the molecule is COc1ccc(C=CCN2CCN(C3CCN(C(C)C)CC3)C(CCO)C2)cc1. The maximum Gasteiger partial charge on any atom is 0.118 e. The van der Waals surface area contributed by atoms with Crippen molar-refractivity contribution in [3.8, 4) is 5.75 Å². The lowest BCUT2D eigenvalue weighted by molar-refractivity contribution is 0.00552. The van der Waals surface area contributed by atoms with Gasteiger partial charge in [-0.15, -0.1) is 0 Å². The number of likely N-dealkylation sites (tertiary alicyclic amines) is 1. The van der Waals surface area contributed by atoms with Crippen LogP contribution in [0.25, 0.3) is 6.08 Å². The normalized spacial score (nSPS) is 23.3. The summed E-state index contributed by atoms with van der Waals surface area (Å²) in [7, 11) is 1.70. The number of methoxy groups -OCH3 is 1. The van der Waals surface area contributed by atoms with Crippen LogP contribution in [0.5, 0.6) is 5.75 Å². The molecule has 1 atom stereocenters. The highest BCUT2D eigenvalue weighted by atomic mass is 16.5. The van der Waals surface area contributed by atoms with Gasteiger partial charge in [0.2, 0.25) is 0 Å². The van der Waals surface area contributed by atoms with E-state index in [0.29, 0.717) is 18.1 Å². The Morgan fingerprint density at radius 2 is 1.83 bits per heavy atom. The van der Waals surface area contributed by atoms with E-state index in [-0.39, 0.29) is 6.61 Å². The second-order valence-electron chi connectivity index (χ2n) is 8.70. The highest BCUT2D eigenvalue weighted by Crippen LogP contribution is 2.24. The molecule has 1 unspecified atom stereocenters. The van der Waals surface area contributed by atoms with Gasteiger partial charge in [-0.05, 0) is 63.9 Å². The summed E-state index contributed by atoms with van der Waals surface area (Å²) < 4.78 is 5.22. The zero-order valence-corrected chi connectivity index (χ0v) is 18.5. The smallest absolute Gasteiger partial charge is 0.118 e. The lowest BCUT2D eigenvalue weighted by atomic mass is 9.97. The molecule has 0 radical (unpaired) electrons. The van der Waals surface area contributed by atoms with Gasteiger partial charge in [-0.1, -0.05) is 24.3 Å². The molecule has 1 aromatic carbocycles. The molecule has 162 valence electrons. The number of piperazine rings is 1. The van der Waals surface area contributed by atoms with Crippen molar-refractivity contribution < 1.29 is 9.84 Å². The van der Waals surface area contributed by atoms with Crippen LogP contribution in [0.15, 0.2) is 30.3 Å². The molecule has 0 aliphatic carbocycles. The van der Waals surface area contributed by atoms with E-state index in [2.05, 4.69) is 52.8 Å². The fraction of sp³-hybridized carbons (Fsp3) is 0.667. The van der Waals surface area contributed by atoms with E-state index in [1.54, 1.807) is 7.11 Å². The first-order valence-corrected chi connectivity index (χ1v) is 11.2. The summed E-state index contributed by atoms with van der Waals surface area (Å²) in [6, 6.07) is 9.98. The molecule has 0 spiro atoms. The van der Waals surface area contributed by atoms with Crippen LogP contribution in [0.2, 0.25) is 0 Å². The first-order chi connectivity index (χ1) is 14.1. The summed E-state index contributed by atoms with van der Waals surface area (Å²) in [6.45, 7) is 11.5. The van der Waals surface area contributed by atoms with Crippen LogP contribution in [-0.4, -0.2) is 90.9 Å². The van der Waals surface area contributed by atoms with E-state index in [0.717, 1.165) is 38.3 Å². The zero-order chi connectivity index (χ0) is 20.6. The molecule has 1 N–H and O–H groups in total. The third-order valence-electron chi connectivity index (χ3n) is 6.56. The van der Waals surface area contributed by atoms with Gasteiger partial charge in [0.25, 0.3) is 0 Å². The minimum atomic E-state index is 0.279. The van der Waals surface area contributed by atoms with Crippen LogP contribution in [0, 0.1) is 0 Å². The van der Waals surface area contributed by atoms with Gasteiger partial charge in [-0.25, -0.2) is 0 Å². The number of hydrogen-bond donors (Lipinski definition) is 1. The van der Waals surface area contributed by atoms with Crippen LogP contribution in [0.1, 0.15) is 38.7 Å². The fourth-order valence-corrected chi connectivity index (χ4v) is 4.77. The first kappa shape index (κ1) is 22.3. The number of benzene rings is 1. The standard InChI is InChI=1S/C24H39N3O2/c1-20(2)26-14-10-22(11-15-26)27-17-16-25(19-23(27)12-18-28)13-4-5-21-6-8-24(29-3)9-7-21/h4-9,20,22-23,28H,10-19H2,1-3H3. The number of nitrogens with zero attached hydrogens (tertiary/aromatic N) is 3. The molecule has 2 aliphatic heterocycles. The molecule has 2 fully saturated rings. The summed E-state index contributed by atoms with van der Waals surface area (Å²) in [6.07, 6.45) is 7.85. The van der Waals surface area contributed by atoms with Crippen molar-refractivity contribution in [3.63, 3.8) is 0 Å². The van der Waals surface area contributed by atoms with E-state index in [4.69, 9.17) is 4.74 Å². The molecular weight excluding hydrogens is 362 g/mol. The van der Waals surface area contributed by atoms with Crippen LogP contribution in [0.3, 0.4) is 0 Å². The minimum absolute atomic E-state index is 0.279. The molecule has 5 nitrogen and oxygen atoms in total. The number of rotatable bonds is 8. The summed E-state index contributed by atoms with van der Waals surface area (Å²) in [5.74, 6) is 0.893. The van der Waals surface area contributed by atoms with Gasteiger partial charge in [0.15, 0.2) is 0 Å². The Bertz CT molecular complexity index is 624. The largest absolute Gasteiger partial charge is 0.497 e. The van der Waals surface area contributed by atoms with Crippen molar-refractivity contribution in [1.29, 1.82) is 0 Å². The fourth-order valence-electron chi connectivity index (χ4n) is 4.77. The van der Waals surface area contributed by atoms with Crippen molar-refractivity contribution in [2.45, 2.75) is 51.2 Å². The predicted octanol–water partition coefficient (Wildman–Crippen LogP) is 2.95. The molecule has 2 aliphatic rings. The Morgan fingerprint density at radius 1 is 1.10 bits per heavy atom. The van der Waals surface area contributed by atoms with Gasteiger partial charge in [0.1, 0.15) is 5.75 Å². The zero-order valence-electron chi connectivity index (χ0n) is 18.5. The van der Waals surface area contributed by atoms with Crippen molar-refractivity contribution in [2.75, 3.05) is 53.0 Å². The summed E-state index contributed by atoms with van der Waals surface area (Å²) in [5.41, 5.74) is 1.20. The molecule has 2 heterocycles. The van der Waals surface area contributed by atoms with Gasteiger partial charge in [-0.3, -0.25) is 9.80 Å². The second-order valence-corrected chi connectivity index (χ2v) is 8.70. The topological polar surface area (TPSA) is 39.2 Å². The second kappa shape index (κ2) is 11.1.